The molecule has 0 radical (unpaired) electrons. The second-order valence-electron chi connectivity index (χ2n) is 4.85. The summed E-state index contributed by atoms with van der Waals surface area (Å²) in [5.41, 5.74) is 6.87. The van der Waals surface area contributed by atoms with Crippen molar-refractivity contribution in [2.75, 3.05) is 36.9 Å². The van der Waals surface area contributed by atoms with Crippen LogP contribution < -0.4 is 10.6 Å². The number of hydrogen-bond acceptors (Lipinski definition) is 6. The predicted molar refractivity (Wildman–Crippen MR) is 74.2 cm³/mol. The first-order valence-electron chi connectivity index (χ1n) is 6.76. The second kappa shape index (κ2) is 6.16. The van der Waals surface area contributed by atoms with Gasteiger partial charge in [-0.2, -0.15) is 0 Å². The van der Waals surface area contributed by atoms with Crippen molar-refractivity contribution in [1.82, 2.24) is 9.97 Å². The first kappa shape index (κ1) is 14.0. The molecule has 1 aliphatic rings. The van der Waals surface area contributed by atoms with Gasteiger partial charge in [-0.05, 0) is 13.3 Å². The molecule has 6 nitrogen and oxygen atoms in total. The highest BCUT2D eigenvalue weighted by Gasteiger charge is 2.23. The standard InChI is InChI=1S/C13H22N4O2/c1-3-4-11-15-12(14)9(2)13(16-11)17-5-6-19-10(7-17)8-18/h10,18H,3-8H2,1-2H3,(H2,14,15,16). The van der Waals surface area contributed by atoms with Gasteiger partial charge < -0.3 is 20.5 Å². The third-order valence-corrected chi connectivity index (χ3v) is 3.32. The van der Waals surface area contributed by atoms with Crippen molar-refractivity contribution < 1.29 is 9.84 Å². The second-order valence-corrected chi connectivity index (χ2v) is 4.85. The first-order chi connectivity index (χ1) is 9.15. The van der Waals surface area contributed by atoms with Crippen LogP contribution in [0, 0.1) is 6.92 Å². The van der Waals surface area contributed by atoms with Crippen LogP contribution in [0.2, 0.25) is 0 Å². The molecule has 6 heteroatoms. The maximum Gasteiger partial charge on any atom is 0.137 e. The number of anilines is 2. The number of nitrogens with two attached hydrogens (primary N) is 1. The largest absolute Gasteiger partial charge is 0.394 e. The Balaban J connectivity index is 2.26. The van der Waals surface area contributed by atoms with Crippen molar-refractivity contribution in [2.45, 2.75) is 32.8 Å². The Bertz CT molecular complexity index is 439. The highest BCUT2D eigenvalue weighted by Crippen LogP contribution is 2.23. The number of aryl methyl sites for hydroxylation is 1. The quantitative estimate of drug-likeness (QED) is 0.826. The van der Waals surface area contributed by atoms with Crippen LogP contribution in [0.15, 0.2) is 0 Å². The fourth-order valence-electron chi connectivity index (χ4n) is 2.23. The molecule has 0 aliphatic carbocycles. The molecule has 1 aromatic heterocycles. The number of morpholine rings is 1. The zero-order valence-corrected chi connectivity index (χ0v) is 11.6. The number of nitrogen functional groups attached to an aromatic ring is 1. The van der Waals surface area contributed by atoms with E-state index in [1.807, 2.05) is 6.92 Å². The third-order valence-electron chi connectivity index (χ3n) is 3.32. The SMILES string of the molecule is CCCc1nc(N)c(C)c(N2CCOC(CO)C2)n1. The van der Waals surface area contributed by atoms with Gasteiger partial charge in [0, 0.05) is 25.1 Å². The molecule has 0 saturated carbocycles. The van der Waals surface area contributed by atoms with Crippen LogP contribution in [-0.2, 0) is 11.2 Å². The summed E-state index contributed by atoms with van der Waals surface area (Å²) in [6, 6.07) is 0. The molecule has 0 amide bonds. The summed E-state index contributed by atoms with van der Waals surface area (Å²) >= 11 is 0. The Labute approximate surface area is 113 Å². The smallest absolute Gasteiger partial charge is 0.137 e. The fraction of sp³-hybridized carbons (Fsp3) is 0.692. The van der Waals surface area contributed by atoms with Gasteiger partial charge in [0.25, 0.3) is 0 Å². The van der Waals surface area contributed by atoms with E-state index in [0.29, 0.717) is 19.0 Å². The van der Waals surface area contributed by atoms with Gasteiger partial charge in [0.15, 0.2) is 0 Å². The molecule has 106 valence electrons. The van der Waals surface area contributed by atoms with E-state index in [9.17, 15) is 5.11 Å². The van der Waals surface area contributed by atoms with E-state index < -0.39 is 0 Å². The highest BCUT2D eigenvalue weighted by molar-refractivity contribution is 5.56. The molecular formula is C13H22N4O2. The zero-order valence-electron chi connectivity index (χ0n) is 11.6. The maximum atomic E-state index is 9.21. The van der Waals surface area contributed by atoms with E-state index >= 15 is 0 Å². The van der Waals surface area contributed by atoms with Gasteiger partial charge in [0.05, 0.1) is 19.3 Å². The van der Waals surface area contributed by atoms with E-state index in [1.54, 1.807) is 0 Å². The molecule has 1 fully saturated rings. The number of aliphatic hydroxyl groups excluding tert-OH is 1. The first-order valence-corrected chi connectivity index (χ1v) is 6.76. The molecular weight excluding hydrogens is 244 g/mol. The maximum absolute atomic E-state index is 9.21. The lowest BCUT2D eigenvalue weighted by Crippen LogP contribution is -2.45. The summed E-state index contributed by atoms with van der Waals surface area (Å²) in [5, 5.41) is 9.21. The van der Waals surface area contributed by atoms with Crippen LogP contribution in [0.4, 0.5) is 11.6 Å². The molecule has 1 atom stereocenters. The Kier molecular flexibility index (Phi) is 4.55. The molecule has 1 unspecified atom stereocenters. The molecule has 0 bridgehead atoms. The van der Waals surface area contributed by atoms with Crippen LogP contribution in [0.3, 0.4) is 0 Å². The van der Waals surface area contributed by atoms with E-state index in [0.717, 1.165) is 36.6 Å². The number of ether oxygens (including phenoxy) is 1. The number of aromatic nitrogens is 2. The zero-order chi connectivity index (χ0) is 13.8. The molecule has 1 aliphatic heterocycles. The van der Waals surface area contributed by atoms with E-state index in [4.69, 9.17) is 10.5 Å². The number of hydrogen-bond donors (Lipinski definition) is 2. The molecule has 19 heavy (non-hydrogen) atoms. The monoisotopic (exact) mass is 266 g/mol. The van der Waals surface area contributed by atoms with Crippen molar-refractivity contribution >= 4 is 11.6 Å². The van der Waals surface area contributed by atoms with Crippen molar-refractivity contribution in [3.63, 3.8) is 0 Å². The van der Waals surface area contributed by atoms with Gasteiger partial charge >= 0.3 is 0 Å². The van der Waals surface area contributed by atoms with Crippen LogP contribution in [0.1, 0.15) is 24.7 Å². The van der Waals surface area contributed by atoms with Gasteiger partial charge in [0.2, 0.25) is 0 Å². The minimum absolute atomic E-state index is 0.0257. The summed E-state index contributed by atoms with van der Waals surface area (Å²) in [7, 11) is 0. The Morgan fingerprint density at radius 1 is 1.47 bits per heavy atom. The minimum Gasteiger partial charge on any atom is -0.394 e. The van der Waals surface area contributed by atoms with E-state index in [1.165, 1.54) is 0 Å². The minimum atomic E-state index is -0.154. The van der Waals surface area contributed by atoms with Crippen molar-refractivity contribution in [1.29, 1.82) is 0 Å². The van der Waals surface area contributed by atoms with E-state index in [-0.39, 0.29) is 12.7 Å². The van der Waals surface area contributed by atoms with Crippen LogP contribution in [0.5, 0.6) is 0 Å². The number of nitrogens with zero attached hydrogens (tertiary/aromatic N) is 3. The van der Waals surface area contributed by atoms with Crippen molar-refractivity contribution in [3.05, 3.63) is 11.4 Å². The summed E-state index contributed by atoms with van der Waals surface area (Å²) in [4.78, 5) is 11.1. The molecule has 0 aromatic carbocycles. The van der Waals surface area contributed by atoms with Gasteiger partial charge in [-0.3, -0.25) is 0 Å². The average Bonchev–Trinajstić information content (AvgIpc) is 2.43. The number of aliphatic hydroxyl groups is 1. The Morgan fingerprint density at radius 3 is 2.95 bits per heavy atom. The summed E-state index contributed by atoms with van der Waals surface area (Å²) in [5.74, 6) is 2.20. The van der Waals surface area contributed by atoms with Gasteiger partial charge in [-0.1, -0.05) is 6.92 Å². The van der Waals surface area contributed by atoms with Crippen molar-refractivity contribution in [2.24, 2.45) is 0 Å². The molecule has 0 spiro atoms. The van der Waals surface area contributed by atoms with Gasteiger partial charge in [-0.15, -0.1) is 0 Å². The topological polar surface area (TPSA) is 84.5 Å². The number of rotatable bonds is 4. The molecule has 1 aromatic rings. The molecule has 3 N–H and O–H groups in total. The Morgan fingerprint density at radius 2 is 2.26 bits per heavy atom. The van der Waals surface area contributed by atoms with Crippen LogP contribution >= 0.6 is 0 Å². The van der Waals surface area contributed by atoms with Crippen LogP contribution in [0.25, 0.3) is 0 Å². The lowest BCUT2D eigenvalue weighted by Gasteiger charge is -2.34. The summed E-state index contributed by atoms with van der Waals surface area (Å²) in [6.45, 7) is 6.05. The normalized spacial score (nSPS) is 19.7. The third kappa shape index (κ3) is 3.13. The van der Waals surface area contributed by atoms with Gasteiger partial charge in [-0.25, -0.2) is 9.97 Å². The predicted octanol–water partition coefficient (Wildman–Crippen LogP) is 0.517. The molecule has 2 heterocycles. The lowest BCUT2D eigenvalue weighted by atomic mass is 10.2. The fourth-order valence-corrected chi connectivity index (χ4v) is 2.23. The average molecular weight is 266 g/mol. The highest BCUT2D eigenvalue weighted by atomic mass is 16.5. The molecule has 2 rings (SSSR count). The summed E-state index contributed by atoms with van der Waals surface area (Å²) in [6.07, 6.45) is 1.66. The van der Waals surface area contributed by atoms with Gasteiger partial charge in [0.1, 0.15) is 17.5 Å². The Hall–Kier alpha value is -1.40. The van der Waals surface area contributed by atoms with E-state index in [2.05, 4.69) is 21.8 Å². The lowest BCUT2D eigenvalue weighted by molar-refractivity contribution is 0.00332. The van der Waals surface area contributed by atoms with Crippen LogP contribution in [-0.4, -0.2) is 47.5 Å². The molecule has 1 saturated heterocycles. The summed E-state index contributed by atoms with van der Waals surface area (Å²) < 4.78 is 5.46. The van der Waals surface area contributed by atoms with Crippen molar-refractivity contribution in [3.8, 4) is 0 Å².